The fourth-order valence-corrected chi connectivity index (χ4v) is 4.07. The van der Waals surface area contributed by atoms with Gasteiger partial charge in [-0.3, -0.25) is 19.3 Å². The lowest BCUT2D eigenvalue weighted by Gasteiger charge is -2.29. The van der Waals surface area contributed by atoms with E-state index in [1.807, 2.05) is 0 Å². The number of carbonyl (C=O) groups excluding carboxylic acids is 3. The zero-order valence-corrected chi connectivity index (χ0v) is 15.6. The molecule has 0 saturated carbocycles. The second kappa shape index (κ2) is 7.58. The van der Waals surface area contributed by atoms with Crippen molar-refractivity contribution in [3.63, 3.8) is 0 Å². The Kier molecular flexibility index (Phi) is 5.41. The number of nitrogens with zero attached hydrogens (tertiary/aromatic N) is 2. The van der Waals surface area contributed by atoms with Gasteiger partial charge >= 0.3 is 5.97 Å². The van der Waals surface area contributed by atoms with Gasteiger partial charge in [0.25, 0.3) is 11.8 Å². The number of fused-ring (bicyclic) bond motifs is 1. The molecule has 2 unspecified atom stereocenters. The van der Waals surface area contributed by atoms with Gasteiger partial charge in [-0.05, 0) is 51.8 Å². The van der Waals surface area contributed by atoms with Gasteiger partial charge in [-0.1, -0.05) is 12.1 Å². The number of methoxy groups -OCH3 is 1. The van der Waals surface area contributed by atoms with Crippen LogP contribution in [0, 0.1) is 0 Å². The van der Waals surface area contributed by atoms with Gasteiger partial charge in [0.15, 0.2) is 0 Å². The summed E-state index contributed by atoms with van der Waals surface area (Å²) < 4.78 is 4.80. The molecule has 1 aromatic carbocycles. The minimum Gasteiger partial charge on any atom is -0.469 e. The second-order valence-electron chi connectivity index (χ2n) is 7.28. The minimum absolute atomic E-state index is 0.0357. The molecule has 2 aliphatic rings. The largest absolute Gasteiger partial charge is 0.469 e. The highest BCUT2D eigenvalue weighted by molar-refractivity contribution is 6.21. The monoisotopic (exact) mass is 358 g/mol. The molecule has 3 rings (SSSR count). The van der Waals surface area contributed by atoms with Gasteiger partial charge in [0, 0.05) is 12.1 Å². The average molecular weight is 358 g/mol. The molecule has 1 aromatic rings. The Morgan fingerprint density at radius 3 is 2.31 bits per heavy atom. The Hall–Kier alpha value is -2.21. The molecule has 2 heterocycles. The number of esters is 1. The van der Waals surface area contributed by atoms with Crippen molar-refractivity contribution in [1.82, 2.24) is 9.80 Å². The lowest BCUT2D eigenvalue weighted by atomic mass is 10.0. The fourth-order valence-electron chi connectivity index (χ4n) is 4.07. The number of carbonyl (C=O) groups is 3. The number of hydrogen-bond acceptors (Lipinski definition) is 5. The molecule has 6 nitrogen and oxygen atoms in total. The van der Waals surface area contributed by atoms with E-state index >= 15 is 0 Å². The van der Waals surface area contributed by atoms with Crippen molar-refractivity contribution in [2.75, 3.05) is 14.2 Å². The molecule has 0 spiro atoms. The molecule has 1 fully saturated rings. The topological polar surface area (TPSA) is 66.9 Å². The first-order valence-electron chi connectivity index (χ1n) is 9.19. The number of ether oxygens (including phenoxy) is 1. The van der Waals surface area contributed by atoms with Crippen LogP contribution >= 0.6 is 0 Å². The van der Waals surface area contributed by atoms with Crippen molar-refractivity contribution >= 4 is 17.8 Å². The van der Waals surface area contributed by atoms with Gasteiger partial charge in [-0.25, -0.2) is 0 Å². The summed E-state index contributed by atoms with van der Waals surface area (Å²) in [6.45, 7) is 2.20. The van der Waals surface area contributed by atoms with Crippen molar-refractivity contribution in [3.05, 3.63) is 35.4 Å². The molecule has 2 aliphatic heterocycles. The van der Waals surface area contributed by atoms with E-state index in [-0.39, 0.29) is 18.2 Å². The highest BCUT2D eigenvalue weighted by Crippen LogP contribution is 2.30. The summed E-state index contributed by atoms with van der Waals surface area (Å²) in [7, 11) is 3.44. The zero-order chi connectivity index (χ0) is 18.8. The van der Waals surface area contributed by atoms with E-state index in [1.54, 1.807) is 24.3 Å². The van der Waals surface area contributed by atoms with Gasteiger partial charge in [0.2, 0.25) is 0 Å². The molecule has 26 heavy (non-hydrogen) atoms. The minimum atomic E-state index is -0.473. The van der Waals surface area contributed by atoms with Crippen LogP contribution in [0.15, 0.2) is 24.3 Å². The van der Waals surface area contributed by atoms with E-state index in [9.17, 15) is 14.4 Å². The Morgan fingerprint density at radius 2 is 1.81 bits per heavy atom. The van der Waals surface area contributed by atoms with Crippen LogP contribution in [0.2, 0.25) is 0 Å². The Balaban J connectivity index is 1.77. The summed E-state index contributed by atoms with van der Waals surface area (Å²) in [6.07, 6.45) is 3.73. The van der Waals surface area contributed by atoms with E-state index < -0.39 is 12.0 Å². The maximum absolute atomic E-state index is 12.8. The number of hydrogen-bond donors (Lipinski definition) is 0. The molecule has 0 aliphatic carbocycles. The molecule has 6 heteroatoms. The third-order valence-corrected chi connectivity index (χ3v) is 5.84. The van der Waals surface area contributed by atoms with Crippen LogP contribution in [0.5, 0.6) is 0 Å². The normalized spacial score (nSPS) is 24.0. The van der Waals surface area contributed by atoms with Gasteiger partial charge in [-0.15, -0.1) is 0 Å². The molecule has 0 N–H and O–H groups in total. The van der Waals surface area contributed by atoms with E-state index in [1.165, 1.54) is 12.0 Å². The maximum atomic E-state index is 12.8. The molecule has 2 amide bonds. The van der Waals surface area contributed by atoms with Crippen molar-refractivity contribution in [1.29, 1.82) is 0 Å². The number of amides is 2. The predicted molar refractivity (Wildman–Crippen MR) is 96.8 cm³/mol. The van der Waals surface area contributed by atoms with Gasteiger partial charge < -0.3 is 9.64 Å². The molecular formula is C20H26N2O4. The van der Waals surface area contributed by atoms with Crippen molar-refractivity contribution < 1.29 is 19.1 Å². The van der Waals surface area contributed by atoms with Crippen molar-refractivity contribution in [2.45, 2.75) is 57.2 Å². The maximum Gasteiger partial charge on any atom is 0.307 e. The zero-order valence-electron chi connectivity index (χ0n) is 15.6. The van der Waals surface area contributed by atoms with Crippen LogP contribution in [0.3, 0.4) is 0 Å². The molecule has 1 saturated heterocycles. The predicted octanol–water partition coefficient (Wildman–Crippen LogP) is 2.48. The highest BCUT2D eigenvalue weighted by Gasteiger charge is 2.41. The van der Waals surface area contributed by atoms with Gasteiger partial charge in [0.05, 0.1) is 30.7 Å². The summed E-state index contributed by atoms with van der Waals surface area (Å²) in [5, 5.41) is 0. The van der Waals surface area contributed by atoms with Crippen molar-refractivity contribution in [2.24, 2.45) is 0 Å². The molecule has 0 bridgehead atoms. The third kappa shape index (κ3) is 3.38. The lowest BCUT2D eigenvalue weighted by molar-refractivity contribution is -0.141. The molecular weight excluding hydrogens is 332 g/mol. The number of benzene rings is 1. The Labute approximate surface area is 154 Å². The van der Waals surface area contributed by atoms with E-state index in [0.29, 0.717) is 29.6 Å². The number of likely N-dealkylation sites (tertiary alicyclic amines) is 1. The number of imide groups is 1. The summed E-state index contributed by atoms with van der Waals surface area (Å²) >= 11 is 0. The molecule has 0 radical (unpaired) electrons. The van der Waals surface area contributed by atoms with Crippen LogP contribution in [-0.4, -0.2) is 59.9 Å². The summed E-state index contributed by atoms with van der Waals surface area (Å²) in [6, 6.07) is 7.31. The quantitative estimate of drug-likeness (QED) is 0.577. The van der Waals surface area contributed by atoms with Gasteiger partial charge in [-0.2, -0.15) is 0 Å². The first-order chi connectivity index (χ1) is 12.4. The lowest BCUT2D eigenvalue weighted by Crippen LogP contribution is -2.42. The van der Waals surface area contributed by atoms with Crippen LogP contribution in [-0.2, 0) is 9.53 Å². The van der Waals surface area contributed by atoms with E-state index in [4.69, 9.17) is 4.74 Å². The fraction of sp³-hybridized carbons (Fsp3) is 0.550. The smallest absolute Gasteiger partial charge is 0.307 e. The summed E-state index contributed by atoms with van der Waals surface area (Å²) in [5.41, 5.74) is 0.831. The average Bonchev–Trinajstić information content (AvgIpc) is 3.10. The molecule has 0 aromatic heterocycles. The van der Waals surface area contributed by atoms with E-state index in [2.05, 4.69) is 18.9 Å². The second-order valence-corrected chi connectivity index (χ2v) is 7.28. The summed E-state index contributed by atoms with van der Waals surface area (Å²) in [4.78, 5) is 41.1. The Bertz CT molecular complexity index is 683. The molecule has 140 valence electrons. The number of rotatable bonds is 6. The van der Waals surface area contributed by atoms with Crippen LogP contribution < -0.4 is 0 Å². The Morgan fingerprint density at radius 1 is 1.19 bits per heavy atom. The van der Waals surface area contributed by atoms with Crippen LogP contribution in [0.1, 0.15) is 59.7 Å². The molecule has 3 atom stereocenters. The van der Waals surface area contributed by atoms with Crippen LogP contribution in [0.25, 0.3) is 0 Å². The van der Waals surface area contributed by atoms with E-state index in [0.717, 1.165) is 19.3 Å². The first-order valence-corrected chi connectivity index (χ1v) is 9.19. The third-order valence-electron chi connectivity index (χ3n) is 5.84. The van der Waals surface area contributed by atoms with Gasteiger partial charge in [0.1, 0.15) is 0 Å². The summed E-state index contributed by atoms with van der Waals surface area (Å²) in [5.74, 6) is -1.03. The standard InChI is InChI=1S/C20H26N2O4/c1-13-8-9-14(21(13)2)10-11-15(12-18(23)26-3)22-19(24)16-6-4-5-7-17(16)20(22)25/h4-7,13-15H,8-12H2,1-3H3/t13?,14?,15-/m0/s1. The SMILES string of the molecule is COC(=O)C[C@H](CCC1CCC(C)N1C)N1C(=O)c2ccccc2C1=O. The van der Waals surface area contributed by atoms with Crippen molar-refractivity contribution in [3.8, 4) is 0 Å². The first kappa shape index (κ1) is 18.6. The highest BCUT2D eigenvalue weighted by atomic mass is 16.5. The van der Waals surface area contributed by atoms with Crippen LogP contribution in [0.4, 0.5) is 0 Å².